The van der Waals surface area contributed by atoms with Crippen molar-refractivity contribution < 1.29 is 14.4 Å². The van der Waals surface area contributed by atoms with E-state index in [1.54, 1.807) is 0 Å². The fraction of sp³-hybridized carbons (Fsp3) is 0.750. The number of Topliss-reactive ketones (excluding diaryl/α,β-unsaturated/α-hetero) is 1. The molecule has 4 nitrogen and oxygen atoms in total. The van der Waals surface area contributed by atoms with Crippen LogP contribution in [0.3, 0.4) is 0 Å². The zero-order chi connectivity index (χ0) is 12.0. The molecule has 1 unspecified atom stereocenters. The first kappa shape index (κ1) is 12.9. The van der Waals surface area contributed by atoms with Gasteiger partial charge in [0.15, 0.2) is 0 Å². The Hall–Kier alpha value is -1.19. The number of rotatable bonds is 6. The molecule has 1 amide bonds. The molecule has 2 atom stereocenters. The summed E-state index contributed by atoms with van der Waals surface area (Å²) in [6.45, 7) is 2.04. The van der Waals surface area contributed by atoms with Gasteiger partial charge in [-0.3, -0.25) is 9.59 Å². The zero-order valence-corrected chi connectivity index (χ0v) is 9.70. The number of nitrogens with one attached hydrogen (secondary N) is 1. The molecule has 0 saturated heterocycles. The number of carbonyl (C=O) groups excluding carboxylic acids is 3. The highest BCUT2D eigenvalue weighted by Crippen LogP contribution is 2.22. The van der Waals surface area contributed by atoms with Crippen molar-refractivity contribution in [2.24, 2.45) is 5.92 Å². The topological polar surface area (TPSA) is 63.2 Å². The average Bonchev–Trinajstić information content (AvgIpc) is 2.70. The molecule has 0 aromatic rings. The molecule has 16 heavy (non-hydrogen) atoms. The van der Waals surface area contributed by atoms with E-state index in [4.69, 9.17) is 0 Å². The minimum atomic E-state index is -0.386. The highest BCUT2D eigenvalue weighted by atomic mass is 16.2. The third kappa shape index (κ3) is 3.76. The van der Waals surface area contributed by atoms with Crippen LogP contribution in [0.1, 0.15) is 45.4 Å². The number of hydrogen-bond donors (Lipinski definition) is 1. The maximum absolute atomic E-state index is 11.7. The number of carbonyl (C=O) groups is 3. The molecule has 0 bridgehead atoms. The first-order valence-corrected chi connectivity index (χ1v) is 5.94. The van der Waals surface area contributed by atoms with Crippen LogP contribution in [0.15, 0.2) is 0 Å². The maximum Gasteiger partial charge on any atom is 0.224 e. The van der Waals surface area contributed by atoms with Crippen molar-refractivity contribution in [3.05, 3.63) is 0 Å². The Labute approximate surface area is 95.8 Å². The van der Waals surface area contributed by atoms with E-state index < -0.39 is 0 Å². The predicted molar refractivity (Wildman–Crippen MR) is 59.9 cm³/mol. The SMILES string of the molecule is CCCC[C@@H](C=O)NC(=O)C1CCC(=O)C1. The summed E-state index contributed by atoms with van der Waals surface area (Å²) in [6, 6.07) is -0.386. The van der Waals surface area contributed by atoms with Gasteiger partial charge in [0.2, 0.25) is 5.91 Å². The molecule has 90 valence electrons. The number of amides is 1. The number of unbranched alkanes of at least 4 members (excludes halogenated alkanes) is 1. The van der Waals surface area contributed by atoms with Crippen LogP contribution in [0.2, 0.25) is 0 Å². The Morgan fingerprint density at radius 3 is 2.88 bits per heavy atom. The lowest BCUT2D eigenvalue weighted by Crippen LogP contribution is -2.39. The second-order valence-electron chi connectivity index (χ2n) is 4.37. The van der Waals surface area contributed by atoms with E-state index in [1.807, 2.05) is 6.92 Å². The Morgan fingerprint density at radius 1 is 1.62 bits per heavy atom. The van der Waals surface area contributed by atoms with Gasteiger partial charge in [0.1, 0.15) is 12.1 Å². The Bertz CT molecular complexity index is 275. The minimum Gasteiger partial charge on any atom is -0.346 e. The van der Waals surface area contributed by atoms with E-state index in [2.05, 4.69) is 5.32 Å². The maximum atomic E-state index is 11.7. The van der Waals surface area contributed by atoms with E-state index >= 15 is 0 Å². The molecule has 0 heterocycles. The fourth-order valence-corrected chi connectivity index (χ4v) is 1.94. The molecule has 0 spiro atoms. The Balaban J connectivity index is 2.36. The van der Waals surface area contributed by atoms with E-state index in [-0.39, 0.29) is 23.7 Å². The van der Waals surface area contributed by atoms with Crippen molar-refractivity contribution in [1.29, 1.82) is 0 Å². The number of ketones is 1. The summed E-state index contributed by atoms with van der Waals surface area (Å²) in [7, 11) is 0. The van der Waals surface area contributed by atoms with Gasteiger partial charge in [-0.15, -0.1) is 0 Å². The van der Waals surface area contributed by atoms with Crippen LogP contribution < -0.4 is 5.32 Å². The summed E-state index contributed by atoms with van der Waals surface area (Å²) in [5.74, 6) is -0.202. The first-order chi connectivity index (χ1) is 7.67. The van der Waals surface area contributed by atoms with E-state index in [1.165, 1.54) is 0 Å². The lowest BCUT2D eigenvalue weighted by Gasteiger charge is -2.15. The molecule has 1 aliphatic carbocycles. The van der Waals surface area contributed by atoms with Gasteiger partial charge in [-0.05, 0) is 12.8 Å². The van der Waals surface area contributed by atoms with Gasteiger partial charge in [-0.2, -0.15) is 0 Å². The van der Waals surface area contributed by atoms with E-state index in [9.17, 15) is 14.4 Å². The molecule has 0 aliphatic heterocycles. The van der Waals surface area contributed by atoms with Crippen LogP contribution in [-0.2, 0) is 14.4 Å². The van der Waals surface area contributed by atoms with Gasteiger partial charge < -0.3 is 10.1 Å². The lowest BCUT2D eigenvalue weighted by molar-refractivity contribution is -0.128. The van der Waals surface area contributed by atoms with Crippen molar-refractivity contribution in [3.63, 3.8) is 0 Å². The van der Waals surface area contributed by atoms with Crippen LogP contribution >= 0.6 is 0 Å². The molecular formula is C12H19NO3. The van der Waals surface area contributed by atoms with Gasteiger partial charge in [0, 0.05) is 18.8 Å². The molecular weight excluding hydrogens is 206 g/mol. The number of hydrogen-bond acceptors (Lipinski definition) is 3. The lowest BCUT2D eigenvalue weighted by atomic mass is 10.1. The molecule has 1 saturated carbocycles. The van der Waals surface area contributed by atoms with Gasteiger partial charge in [-0.1, -0.05) is 19.8 Å². The molecule has 0 radical (unpaired) electrons. The third-order valence-electron chi connectivity index (χ3n) is 2.98. The smallest absolute Gasteiger partial charge is 0.224 e. The van der Waals surface area contributed by atoms with Crippen LogP contribution in [0.4, 0.5) is 0 Å². The van der Waals surface area contributed by atoms with Crippen LogP contribution in [0.25, 0.3) is 0 Å². The molecule has 1 N–H and O–H groups in total. The third-order valence-corrected chi connectivity index (χ3v) is 2.98. The second-order valence-corrected chi connectivity index (χ2v) is 4.37. The average molecular weight is 225 g/mol. The summed E-state index contributed by atoms with van der Waals surface area (Å²) in [5.41, 5.74) is 0. The van der Waals surface area contributed by atoms with Crippen molar-refractivity contribution in [2.45, 2.75) is 51.5 Å². The summed E-state index contributed by atoms with van der Waals surface area (Å²) in [4.78, 5) is 33.5. The molecule has 1 rings (SSSR count). The second kappa shape index (κ2) is 6.40. The summed E-state index contributed by atoms with van der Waals surface area (Å²) in [5, 5.41) is 2.70. The monoisotopic (exact) mass is 225 g/mol. The molecule has 1 aliphatic rings. The highest BCUT2D eigenvalue weighted by Gasteiger charge is 2.29. The van der Waals surface area contributed by atoms with E-state index in [0.717, 1.165) is 19.1 Å². The minimum absolute atomic E-state index is 0.140. The van der Waals surface area contributed by atoms with Crippen LogP contribution in [0, 0.1) is 5.92 Å². The molecule has 4 heteroatoms. The van der Waals surface area contributed by atoms with Crippen molar-refractivity contribution in [3.8, 4) is 0 Å². The van der Waals surface area contributed by atoms with Gasteiger partial charge in [0.25, 0.3) is 0 Å². The Morgan fingerprint density at radius 2 is 2.38 bits per heavy atom. The van der Waals surface area contributed by atoms with Crippen LogP contribution in [-0.4, -0.2) is 24.0 Å². The Kier molecular flexibility index (Phi) is 5.15. The summed E-state index contributed by atoms with van der Waals surface area (Å²) >= 11 is 0. The normalized spacial score (nSPS) is 21.8. The highest BCUT2D eigenvalue weighted by molar-refractivity contribution is 5.90. The zero-order valence-electron chi connectivity index (χ0n) is 9.70. The fourth-order valence-electron chi connectivity index (χ4n) is 1.94. The molecule has 0 aromatic heterocycles. The number of aldehydes is 1. The van der Waals surface area contributed by atoms with E-state index in [0.29, 0.717) is 25.7 Å². The standard InChI is InChI=1S/C12H19NO3/c1-2-3-4-10(8-14)13-12(16)9-5-6-11(15)7-9/h8-10H,2-7H2,1H3,(H,13,16)/t9?,10-/m0/s1. The van der Waals surface area contributed by atoms with Crippen molar-refractivity contribution in [2.75, 3.05) is 0 Å². The first-order valence-electron chi connectivity index (χ1n) is 5.94. The summed E-state index contributed by atoms with van der Waals surface area (Å²) < 4.78 is 0. The quantitative estimate of drug-likeness (QED) is 0.691. The van der Waals surface area contributed by atoms with Crippen molar-refractivity contribution in [1.82, 2.24) is 5.32 Å². The van der Waals surface area contributed by atoms with Gasteiger partial charge in [0.05, 0.1) is 6.04 Å². The molecule has 0 aromatic carbocycles. The largest absolute Gasteiger partial charge is 0.346 e. The van der Waals surface area contributed by atoms with Crippen molar-refractivity contribution >= 4 is 18.0 Å². The van der Waals surface area contributed by atoms with Gasteiger partial charge in [-0.25, -0.2) is 0 Å². The summed E-state index contributed by atoms with van der Waals surface area (Å²) in [6.07, 6.45) is 4.86. The van der Waals surface area contributed by atoms with Gasteiger partial charge >= 0.3 is 0 Å². The van der Waals surface area contributed by atoms with Crippen LogP contribution in [0.5, 0.6) is 0 Å². The predicted octanol–water partition coefficient (Wildman–Crippen LogP) is 1.23. The molecule has 1 fully saturated rings.